The first-order valence-corrected chi connectivity index (χ1v) is 6.58. The summed E-state index contributed by atoms with van der Waals surface area (Å²) in [6.07, 6.45) is 0.533. The van der Waals surface area contributed by atoms with Crippen LogP contribution in [0.1, 0.15) is 27.2 Å². The highest BCUT2D eigenvalue weighted by Crippen LogP contribution is 2.23. The topological polar surface area (TPSA) is 38.3 Å². The molecule has 18 heavy (non-hydrogen) atoms. The van der Waals surface area contributed by atoms with Crippen LogP contribution in [0.15, 0.2) is 24.3 Å². The molecule has 100 valence electrons. The normalized spacial score (nSPS) is 15.6. The summed E-state index contributed by atoms with van der Waals surface area (Å²) in [6, 6.07) is 6.89. The van der Waals surface area contributed by atoms with E-state index in [9.17, 15) is 4.79 Å². The number of nitrogens with one attached hydrogen (secondary N) is 1. The minimum atomic E-state index is -0.947. The maximum absolute atomic E-state index is 12.0. The molecule has 5 heteroatoms. The Balaban J connectivity index is 2.81. The molecule has 3 nitrogen and oxygen atoms in total. The van der Waals surface area contributed by atoms with Crippen molar-refractivity contribution in [2.45, 2.75) is 38.3 Å². The number of benzene rings is 1. The van der Waals surface area contributed by atoms with E-state index in [2.05, 4.69) is 5.32 Å². The molecular weight excluding hydrogens is 273 g/mol. The van der Waals surface area contributed by atoms with Crippen LogP contribution < -0.4 is 10.1 Å². The number of hydrogen-bond acceptors (Lipinski definition) is 2. The Bertz CT molecular complexity index is 406. The van der Waals surface area contributed by atoms with Crippen molar-refractivity contribution in [2.24, 2.45) is 0 Å². The molecule has 0 saturated heterocycles. The third-order valence-corrected chi connectivity index (χ3v) is 3.00. The largest absolute Gasteiger partial charge is 0.478 e. The molecule has 2 unspecified atom stereocenters. The van der Waals surface area contributed by atoms with Crippen molar-refractivity contribution in [1.29, 1.82) is 0 Å². The van der Waals surface area contributed by atoms with Gasteiger partial charge in [0.05, 0.1) is 0 Å². The maximum atomic E-state index is 12.0. The van der Waals surface area contributed by atoms with Gasteiger partial charge in [-0.25, -0.2) is 0 Å². The fraction of sp³-hybridized carbons (Fsp3) is 0.462. The Hall–Kier alpha value is -0.930. The van der Waals surface area contributed by atoms with Crippen LogP contribution in [0.3, 0.4) is 0 Å². The van der Waals surface area contributed by atoms with E-state index in [1.54, 1.807) is 38.1 Å². The second kappa shape index (κ2) is 6.30. The average molecular weight is 290 g/mol. The second-order valence-corrected chi connectivity index (χ2v) is 5.32. The molecule has 0 bridgehead atoms. The zero-order chi connectivity index (χ0) is 13.8. The van der Waals surface area contributed by atoms with Gasteiger partial charge in [0, 0.05) is 5.02 Å². The zero-order valence-corrected chi connectivity index (χ0v) is 12.2. The molecule has 0 aliphatic rings. The number of rotatable bonds is 5. The molecule has 0 spiro atoms. The van der Waals surface area contributed by atoms with Gasteiger partial charge in [-0.05, 0) is 44.5 Å². The summed E-state index contributed by atoms with van der Waals surface area (Å²) in [5.74, 6) is 0.364. The van der Waals surface area contributed by atoms with E-state index in [0.717, 1.165) is 0 Å². The summed E-state index contributed by atoms with van der Waals surface area (Å²) in [4.78, 5) is 12.0. The molecule has 0 aliphatic heterocycles. The summed E-state index contributed by atoms with van der Waals surface area (Å²) in [6.45, 7) is 5.31. The van der Waals surface area contributed by atoms with Crippen LogP contribution in [0.2, 0.25) is 5.02 Å². The average Bonchev–Trinajstić information content (AvgIpc) is 2.31. The summed E-state index contributed by atoms with van der Waals surface area (Å²) in [5.41, 5.74) is -1.38. The van der Waals surface area contributed by atoms with Crippen LogP contribution in [-0.2, 0) is 4.79 Å². The SMILES string of the molecule is CCC(C)(Oc1ccc(Cl)cc1)C(=O)NC(C)Cl. The van der Waals surface area contributed by atoms with E-state index < -0.39 is 11.1 Å². The van der Waals surface area contributed by atoms with Gasteiger partial charge in [0.2, 0.25) is 0 Å². The monoisotopic (exact) mass is 289 g/mol. The van der Waals surface area contributed by atoms with Crippen LogP contribution in [0.5, 0.6) is 5.75 Å². The molecule has 1 N–H and O–H groups in total. The molecule has 0 radical (unpaired) electrons. The van der Waals surface area contributed by atoms with Crippen molar-refractivity contribution in [3.8, 4) is 5.75 Å². The van der Waals surface area contributed by atoms with Gasteiger partial charge in [-0.2, -0.15) is 0 Å². The quantitative estimate of drug-likeness (QED) is 0.665. The molecule has 0 aromatic heterocycles. The van der Waals surface area contributed by atoms with Crippen molar-refractivity contribution in [1.82, 2.24) is 5.32 Å². The van der Waals surface area contributed by atoms with Crippen LogP contribution in [-0.4, -0.2) is 17.0 Å². The van der Waals surface area contributed by atoms with Gasteiger partial charge in [-0.15, -0.1) is 0 Å². The number of alkyl halides is 1. The highest BCUT2D eigenvalue weighted by Gasteiger charge is 2.34. The first kappa shape index (κ1) is 15.1. The minimum absolute atomic E-state index is 0.234. The number of hydrogen-bond donors (Lipinski definition) is 1. The predicted molar refractivity (Wildman–Crippen MR) is 74.2 cm³/mol. The number of amides is 1. The standard InChI is InChI=1S/C13H17Cl2NO2/c1-4-13(3,12(17)16-9(2)14)18-11-7-5-10(15)6-8-11/h5-9H,4H2,1-3H3,(H,16,17). The lowest BCUT2D eigenvalue weighted by Crippen LogP contribution is -2.50. The van der Waals surface area contributed by atoms with Crippen molar-refractivity contribution in [2.75, 3.05) is 0 Å². The Morgan fingerprint density at radius 1 is 1.44 bits per heavy atom. The number of ether oxygens (including phenoxy) is 1. The fourth-order valence-electron chi connectivity index (χ4n) is 1.38. The first-order chi connectivity index (χ1) is 8.37. The van der Waals surface area contributed by atoms with Gasteiger partial charge in [0.15, 0.2) is 5.60 Å². The molecule has 0 saturated carbocycles. The van der Waals surface area contributed by atoms with Crippen molar-refractivity contribution in [3.63, 3.8) is 0 Å². The molecular formula is C13H17Cl2NO2. The van der Waals surface area contributed by atoms with Gasteiger partial charge < -0.3 is 10.1 Å². The summed E-state index contributed by atoms with van der Waals surface area (Å²) >= 11 is 11.6. The second-order valence-electron chi connectivity index (χ2n) is 4.23. The molecule has 1 aromatic rings. The lowest BCUT2D eigenvalue weighted by molar-refractivity contribution is -0.136. The molecule has 0 aliphatic carbocycles. The molecule has 0 heterocycles. The summed E-state index contributed by atoms with van der Waals surface area (Å²) in [7, 11) is 0. The highest BCUT2D eigenvalue weighted by atomic mass is 35.5. The smallest absolute Gasteiger partial charge is 0.265 e. The van der Waals surface area contributed by atoms with E-state index in [1.165, 1.54) is 0 Å². The van der Waals surface area contributed by atoms with Crippen molar-refractivity contribution >= 4 is 29.1 Å². The summed E-state index contributed by atoms with van der Waals surface area (Å²) < 4.78 is 5.74. The molecule has 1 amide bonds. The molecule has 1 aromatic carbocycles. The van der Waals surface area contributed by atoms with Crippen LogP contribution in [0.25, 0.3) is 0 Å². The van der Waals surface area contributed by atoms with Gasteiger partial charge >= 0.3 is 0 Å². The van der Waals surface area contributed by atoms with E-state index in [4.69, 9.17) is 27.9 Å². The van der Waals surface area contributed by atoms with Gasteiger partial charge in [-0.3, -0.25) is 4.79 Å². The first-order valence-electron chi connectivity index (χ1n) is 5.77. The molecule has 0 fully saturated rings. The Kier molecular flexibility index (Phi) is 5.29. The summed E-state index contributed by atoms with van der Waals surface area (Å²) in [5, 5.41) is 3.27. The molecule has 2 atom stereocenters. The number of halogens is 2. The van der Waals surface area contributed by atoms with E-state index in [-0.39, 0.29) is 5.91 Å². The Morgan fingerprint density at radius 2 is 2.00 bits per heavy atom. The third-order valence-electron chi connectivity index (χ3n) is 2.64. The Labute approximate surface area is 117 Å². The van der Waals surface area contributed by atoms with Crippen LogP contribution in [0.4, 0.5) is 0 Å². The number of carbonyl (C=O) groups excluding carboxylic acids is 1. The maximum Gasteiger partial charge on any atom is 0.265 e. The van der Waals surface area contributed by atoms with E-state index >= 15 is 0 Å². The van der Waals surface area contributed by atoms with Crippen molar-refractivity contribution < 1.29 is 9.53 Å². The van der Waals surface area contributed by atoms with Crippen LogP contribution in [0, 0.1) is 0 Å². The minimum Gasteiger partial charge on any atom is -0.478 e. The van der Waals surface area contributed by atoms with Gasteiger partial charge in [0.1, 0.15) is 11.3 Å². The van der Waals surface area contributed by atoms with E-state index in [1.807, 2.05) is 6.92 Å². The third kappa shape index (κ3) is 4.07. The highest BCUT2D eigenvalue weighted by molar-refractivity contribution is 6.30. The van der Waals surface area contributed by atoms with Gasteiger partial charge in [0.25, 0.3) is 5.91 Å². The Morgan fingerprint density at radius 3 is 2.44 bits per heavy atom. The lowest BCUT2D eigenvalue weighted by Gasteiger charge is -2.28. The van der Waals surface area contributed by atoms with Crippen molar-refractivity contribution in [3.05, 3.63) is 29.3 Å². The molecule has 1 rings (SSSR count). The lowest BCUT2D eigenvalue weighted by atomic mass is 10.0. The van der Waals surface area contributed by atoms with E-state index in [0.29, 0.717) is 17.2 Å². The fourth-order valence-corrected chi connectivity index (χ4v) is 1.60. The predicted octanol–water partition coefficient (Wildman–Crippen LogP) is 3.59. The van der Waals surface area contributed by atoms with Gasteiger partial charge in [-0.1, -0.05) is 30.1 Å². The number of carbonyl (C=O) groups is 1. The van der Waals surface area contributed by atoms with Crippen LogP contribution >= 0.6 is 23.2 Å². The zero-order valence-electron chi connectivity index (χ0n) is 10.7.